The van der Waals surface area contributed by atoms with E-state index in [0.29, 0.717) is 11.1 Å². The van der Waals surface area contributed by atoms with Crippen molar-refractivity contribution >= 4 is 29.0 Å². The number of methoxy groups -OCH3 is 1. The lowest BCUT2D eigenvalue weighted by molar-refractivity contribution is 0.373. The molecule has 1 N–H and O–H groups in total. The van der Waals surface area contributed by atoms with Crippen molar-refractivity contribution in [1.29, 1.82) is 0 Å². The number of rotatable bonds is 5. The van der Waals surface area contributed by atoms with Crippen LogP contribution < -0.4 is 10.1 Å². The topological polar surface area (TPSA) is 85.7 Å². The fourth-order valence-electron chi connectivity index (χ4n) is 0.998. The minimum atomic E-state index is 0.281. The Labute approximate surface area is 106 Å². The average molecular weight is 270 g/mol. The van der Waals surface area contributed by atoms with Crippen molar-refractivity contribution in [3.05, 3.63) is 5.51 Å². The summed E-state index contributed by atoms with van der Waals surface area (Å²) in [6.07, 6.45) is 0. The van der Waals surface area contributed by atoms with Gasteiger partial charge in [0.1, 0.15) is 5.51 Å². The number of hydrogen-bond donors (Lipinski definition) is 1. The van der Waals surface area contributed by atoms with Crippen molar-refractivity contribution in [2.24, 2.45) is 0 Å². The number of nitrogens with one attached hydrogen (secondary N) is 1. The molecule has 2 rings (SSSR count). The Morgan fingerprint density at radius 3 is 2.94 bits per heavy atom. The Kier molecular flexibility index (Phi) is 4.04. The highest BCUT2D eigenvalue weighted by Crippen LogP contribution is 2.26. The Bertz CT molecular complexity index is 477. The van der Waals surface area contributed by atoms with Crippen LogP contribution in [0.2, 0.25) is 0 Å². The summed E-state index contributed by atoms with van der Waals surface area (Å²) in [7, 11) is 1.52. The molecule has 7 nitrogen and oxygen atoms in total. The zero-order chi connectivity index (χ0) is 12.1. The zero-order valence-electron chi connectivity index (χ0n) is 9.25. The van der Waals surface area contributed by atoms with E-state index in [9.17, 15) is 0 Å². The van der Waals surface area contributed by atoms with Crippen LogP contribution in [0.1, 0.15) is 6.92 Å². The molecule has 0 amide bonds. The monoisotopic (exact) mass is 270 g/mol. The van der Waals surface area contributed by atoms with E-state index in [1.54, 1.807) is 5.51 Å². The smallest absolute Gasteiger partial charge is 0.321 e. The lowest BCUT2D eigenvalue weighted by atomic mass is 10.7. The summed E-state index contributed by atoms with van der Waals surface area (Å²) in [6, 6.07) is 0.281. The van der Waals surface area contributed by atoms with Gasteiger partial charge in [-0.15, -0.1) is 10.2 Å². The maximum atomic E-state index is 5.01. The van der Waals surface area contributed by atoms with Crippen molar-refractivity contribution in [2.45, 2.75) is 16.4 Å². The average Bonchev–Trinajstić information content (AvgIpc) is 2.82. The molecule has 0 aliphatic carbocycles. The van der Waals surface area contributed by atoms with E-state index in [0.717, 1.165) is 10.9 Å². The maximum absolute atomic E-state index is 5.01. The fraction of sp³-hybridized carbons (Fsp3) is 0.375. The minimum Gasteiger partial charge on any atom is -0.467 e. The quantitative estimate of drug-likeness (QED) is 0.870. The highest BCUT2D eigenvalue weighted by atomic mass is 32.2. The molecule has 0 unspecified atom stereocenters. The highest BCUT2D eigenvalue weighted by Gasteiger charge is 2.09. The van der Waals surface area contributed by atoms with Crippen LogP contribution in [0.3, 0.4) is 0 Å². The van der Waals surface area contributed by atoms with Gasteiger partial charge in [0, 0.05) is 6.54 Å². The summed E-state index contributed by atoms with van der Waals surface area (Å²) < 4.78 is 5.79. The molecule has 0 atom stereocenters. The molecule has 0 fully saturated rings. The molecule has 0 spiro atoms. The SMILES string of the molecule is CCNc1nc(OC)nc(Sc2nncs2)n1. The van der Waals surface area contributed by atoms with Crippen molar-refractivity contribution in [3.63, 3.8) is 0 Å². The molecular weight excluding hydrogens is 260 g/mol. The molecule has 9 heteroatoms. The molecule has 2 aromatic rings. The lowest BCUT2D eigenvalue weighted by Crippen LogP contribution is -2.05. The van der Waals surface area contributed by atoms with E-state index in [2.05, 4.69) is 30.5 Å². The summed E-state index contributed by atoms with van der Waals surface area (Å²) in [5.74, 6) is 0.492. The van der Waals surface area contributed by atoms with Crippen molar-refractivity contribution in [3.8, 4) is 6.01 Å². The number of aromatic nitrogens is 5. The molecule has 0 aliphatic heterocycles. The fourth-order valence-corrected chi connectivity index (χ4v) is 2.32. The number of hydrogen-bond acceptors (Lipinski definition) is 9. The number of nitrogens with zero attached hydrogens (tertiary/aromatic N) is 5. The first-order valence-corrected chi connectivity index (χ1v) is 6.49. The first-order chi connectivity index (χ1) is 8.31. The van der Waals surface area contributed by atoms with Gasteiger partial charge in [0.15, 0.2) is 4.34 Å². The molecule has 0 aliphatic rings. The van der Waals surface area contributed by atoms with Gasteiger partial charge < -0.3 is 10.1 Å². The Hall–Kier alpha value is -1.48. The highest BCUT2D eigenvalue weighted by molar-refractivity contribution is 8.00. The molecular formula is C8H10N6OS2. The second-order valence-corrected chi connectivity index (χ2v) is 4.81. The van der Waals surface area contributed by atoms with Gasteiger partial charge in [-0.25, -0.2) is 0 Å². The molecule has 90 valence electrons. The Morgan fingerprint density at radius 1 is 1.41 bits per heavy atom. The van der Waals surface area contributed by atoms with Crippen LogP contribution in [0.15, 0.2) is 15.0 Å². The van der Waals surface area contributed by atoms with Crippen LogP contribution in [0, 0.1) is 0 Å². The maximum Gasteiger partial charge on any atom is 0.321 e. The van der Waals surface area contributed by atoms with Gasteiger partial charge in [-0.3, -0.25) is 0 Å². The summed E-state index contributed by atoms with van der Waals surface area (Å²) in [5.41, 5.74) is 1.66. The first kappa shape index (κ1) is 12.0. The van der Waals surface area contributed by atoms with Crippen molar-refractivity contribution < 1.29 is 4.74 Å². The van der Waals surface area contributed by atoms with Crippen LogP contribution in [0.5, 0.6) is 6.01 Å². The van der Waals surface area contributed by atoms with E-state index in [4.69, 9.17) is 4.74 Å². The van der Waals surface area contributed by atoms with Crippen molar-refractivity contribution in [2.75, 3.05) is 19.0 Å². The van der Waals surface area contributed by atoms with E-state index < -0.39 is 0 Å². The summed E-state index contributed by atoms with van der Waals surface area (Å²) in [6.45, 7) is 2.70. The van der Waals surface area contributed by atoms with Crippen LogP contribution in [0.25, 0.3) is 0 Å². The predicted molar refractivity (Wildman–Crippen MR) is 64.6 cm³/mol. The van der Waals surface area contributed by atoms with E-state index >= 15 is 0 Å². The normalized spacial score (nSPS) is 10.2. The first-order valence-electron chi connectivity index (χ1n) is 4.79. The van der Waals surface area contributed by atoms with Gasteiger partial charge in [-0.05, 0) is 18.7 Å². The molecule has 17 heavy (non-hydrogen) atoms. The van der Waals surface area contributed by atoms with Gasteiger partial charge in [0.2, 0.25) is 11.1 Å². The van der Waals surface area contributed by atoms with Crippen LogP contribution in [0.4, 0.5) is 5.95 Å². The second kappa shape index (κ2) is 5.73. The Balaban J connectivity index is 2.23. The van der Waals surface area contributed by atoms with Gasteiger partial charge in [-0.1, -0.05) is 11.3 Å². The third kappa shape index (κ3) is 3.24. The second-order valence-electron chi connectivity index (χ2n) is 2.77. The van der Waals surface area contributed by atoms with E-state index in [1.165, 1.54) is 30.2 Å². The molecule has 0 bridgehead atoms. The molecule has 0 saturated heterocycles. The van der Waals surface area contributed by atoms with Crippen LogP contribution >= 0.6 is 23.1 Å². The minimum absolute atomic E-state index is 0.281. The molecule has 2 aromatic heterocycles. The van der Waals surface area contributed by atoms with Crippen LogP contribution in [-0.4, -0.2) is 38.8 Å². The van der Waals surface area contributed by atoms with Gasteiger partial charge >= 0.3 is 6.01 Å². The summed E-state index contributed by atoms with van der Waals surface area (Å²) in [5, 5.41) is 11.2. The number of ether oxygens (including phenoxy) is 1. The zero-order valence-corrected chi connectivity index (χ0v) is 10.9. The largest absolute Gasteiger partial charge is 0.467 e. The Morgan fingerprint density at radius 2 is 2.29 bits per heavy atom. The predicted octanol–water partition coefficient (Wildman–Crippen LogP) is 1.31. The standard InChI is InChI=1S/C8H10N6OS2/c1-3-9-5-11-6(15-2)13-7(12-5)17-8-14-10-4-16-8/h4H,3H2,1-2H3,(H,9,11,12,13). The number of anilines is 1. The molecule has 0 aromatic carbocycles. The lowest BCUT2D eigenvalue weighted by Gasteiger charge is -2.04. The van der Waals surface area contributed by atoms with Gasteiger partial charge in [-0.2, -0.15) is 15.0 Å². The molecule has 0 saturated carbocycles. The third-order valence-corrected chi connectivity index (χ3v) is 3.27. The van der Waals surface area contributed by atoms with Gasteiger partial charge in [0.05, 0.1) is 7.11 Å². The van der Waals surface area contributed by atoms with Crippen molar-refractivity contribution in [1.82, 2.24) is 25.1 Å². The van der Waals surface area contributed by atoms with Gasteiger partial charge in [0.25, 0.3) is 0 Å². The summed E-state index contributed by atoms with van der Waals surface area (Å²) >= 11 is 2.76. The molecule has 0 radical (unpaired) electrons. The van der Waals surface area contributed by atoms with Crippen LogP contribution in [-0.2, 0) is 0 Å². The van der Waals surface area contributed by atoms with E-state index in [1.807, 2.05) is 6.92 Å². The third-order valence-electron chi connectivity index (χ3n) is 1.63. The molecule has 2 heterocycles. The summed E-state index contributed by atoms with van der Waals surface area (Å²) in [4.78, 5) is 12.4. The van der Waals surface area contributed by atoms with E-state index in [-0.39, 0.29) is 6.01 Å².